The summed E-state index contributed by atoms with van der Waals surface area (Å²) in [6, 6.07) is 0. The fraction of sp³-hybridized carbons (Fsp3) is 1.00. The maximum absolute atomic E-state index is 9.60. The van der Waals surface area contributed by atoms with Gasteiger partial charge in [0.1, 0.15) is 0 Å². The number of hydrogen-bond acceptors (Lipinski definition) is 3. The number of aliphatic hydroxyl groups is 3. The summed E-state index contributed by atoms with van der Waals surface area (Å²) in [4.78, 5) is 0. The first-order valence-electron chi connectivity index (χ1n) is 5.10. The van der Waals surface area contributed by atoms with Gasteiger partial charge in [0, 0.05) is 6.61 Å². The molecule has 0 radical (unpaired) electrons. The van der Waals surface area contributed by atoms with Crippen molar-refractivity contribution >= 4 is 0 Å². The van der Waals surface area contributed by atoms with E-state index in [2.05, 4.69) is 0 Å². The summed E-state index contributed by atoms with van der Waals surface area (Å²) in [5, 5.41) is 28.5. The average molecular weight is 186 g/mol. The number of aliphatic hydroxyl groups excluding tert-OH is 3. The van der Waals surface area contributed by atoms with E-state index in [1.807, 2.05) is 0 Å². The number of hydrogen-bond donors (Lipinski definition) is 3. The molecular weight excluding hydrogens is 168 g/mol. The lowest BCUT2D eigenvalue weighted by molar-refractivity contribution is -0.0848. The zero-order chi connectivity index (χ0) is 9.47. The molecule has 76 valence electrons. The van der Waals surface area contributed by atoms with Crippen LogP contribution in [0, 0.1) is 11.3 Å². The standard InChI is InChI=1S/C10H18O3/c11-6-10-3-7(1-8(12)4-10)2-9(13)5-10/h7-9,11-13H,1-6H2. The molecule has 2 rings (SSSR count). The first-order chi connectivity index (χ1) is 6.13. The SMILES string of the molecule is OCC12CC(O)CC(CC(O)C1)C2. The highest BCUT2D eigenvalue weighted by Gasteiger charge is 2.45. The van der Waals surface area contributed by atoms with Gasteiger partial charge in [-0.3, -0.25) is 0 Å². The molecule has 2 unspecified atom stereocenters. The molecule has 13 heavy (non-hydrogen) atoms. The molecule has 3 N–H and O–H groups in total. The number of fused-ring (bicyclic) bond motifs is 2. The summed E-state index contributed by atoms with van der Waals surface area (Å²) in [7, 11) is 0. The molecule has 0 aromatic carbocycles. The van der Waals surface area contributed by atoms with Crippen molar-refractivity contribution < 1.29 is 15.3 Å². The van der Waals surface area contributed by atoms with Gasteiger partial charge < -0.3 is 15.3 Å². The van der Waals surface area contributed by atoms with Gasteiger partial charge in [0.15, 0.2) is 0 Å². The summed E-state index contributed by atoms with van der Waals surface area (Å²) >= 11 is 0. The van der Waals surface area contributed by atoms with Crippen molar-refractivity contribution in [3.05, 3.63) is 0 Å². The van der Waals surface area contributed by atoms with Gasteiger partial charge in [-0.1, -0.05) is 0 Å². The van der Waals surface area contributed by atoms with E-state index in [1.165, 1.54) is 0 Å². The summed E-state index contributed by atoms with van der Waals surface area (Å²) in [6.07, 6.45) is 3.39. The van der Waals surface area contributed by atoms with Crippen LogP contribution in [0.1, 0.15) is 32.1 Å². The van der Waals surface area contributed by atoms with Crippen molar-refractivity contribution in [2.45, 2.75) is 44.3 Å². The van der Waals surface area contributed by atoms with Crippen LogP contribution < -0.4 is 0 Å². The molecule has 0 saturated heterocycles. The van der Waals surface area contributed by atoms with Gasteiger partial charge >= 0.3 is 0 Å². The quantitative estimate of drug-likeness (QED) is 0.551. The first kappa shape index (κ1) is 9.44. The number of rotatable bonds is 1. The molecule has 0 spiro atoms. The lowest BCUT2D eigenvalue weighted by atomic mass is 9.61. The Morgan fingerprint density at radius 2 is 1.54 bits per heavy atom. The molecule has 2 saturated carbocycles. The topological polar surface area (TPSA) is 60.7 Å². The van der Waals surface area contributed by atoms with Crippen LogP contribution in [-0.2, 0) is 0 Å². The van der Waals surface area contributed by atoms with Crippen molar-refractivity contribution in [3.63, 3.8) is 0 Å². The summed E-state index contributed by atoms with van der Waals surface area (Å²) in [5.74, 6) is 0.416. The molecule has 3 nitrogen and oxygen atoms in total. The summed E-state index contributed by atoms with van der Waals surface area (Å²) < 4.78 is 0. The fourth-order valence-electron chi connectivity index (χ4n) is 3.25. The highest BCUT2D eigenvalue weighted by atomic mass is 16.3. The van der Waals surface area contributed by atoms with Gasteiger partial charge in [0.2, 0.25) is 0 Å². The smallest absolute Gasteiger partial charge is 0.0549 e. The fourth-order valence-corrected chi connectivity index (χ4v) is 3.25. The Morgan fingerprint density at radius 1 is 1.00 bits per heavy atom. The van der Waals surface area contributed by atoms with E-state index >= 15 is 0 Å². The van der Waals surface area contributed by atoms with E-state index in [0.29, 0.717) is 18.8 Å². The van der Waals surface area contributed by atoms with Gasteiger partial charge in [-0.15, -0.1) is 0 Å². The molecule has 0 heterocycles. The molecule has 0 aromatic rings. The molecule has 2 bridgehead atoms. The van der Waals surface area contributed by atoms with Crippen LogP contribution in [0.3, 0.4) is 0 Å². The van der Waals surface area contributed by atoms with Crippen LogP contribution in [0.2, 0.25) is 0 Å². The minimum atomic E-state index is -0.265. The lowest BCUT2D eigenvalue weighted by Crippen LogP contribution is -2.45. The van der Waals surface area contributed by atoms with Crippen LogP contribution in [0.25, 0.3) is 0 Å². The van der Waals surface area contributed by atoms with Crippen molar-refractivity contribution in [1.29, 1.82) is 0 Å². The van der Waals surface area contributed by atoms with E-state index in [4.69, 9.17) is 0 Å². The minimum absolute atomic E-state index is 0.109. The maximum atomic E-state index is 9.60. The molecule has 0 amide bonds. The predicted octanol–water partition coefficient (Wildman–Crippen LogP) is 0.281. The zero-order valence-electron chi connectivity index (χ0n) is 7.82. The molecule has 0 aromatic heterocycles. The third-order valence-corrected chi connectivity index (χ3v) is 3.61. The van der Waals surface area contributed by atoms with Crippen molar-refractivity contribution in [3.8, 4) is 0 Å². The molecule has 2 aliphatic carbocycles. The van der Waals surface area contributed by atoms with E-state index < -0.39 is 0 Å². The van der Waals surface area contributed by atoms with Gasteiger partial charge in [-0.2, -0.15) is 0 Å². The van der Waals surface area contributed by atoms with Crippen molar-refractivity contribution in [2.24, 2.45) is 11.3 Å². The van der Waals surface area contributed by atoms with Gasteiger partial charge in [-0.25, -0.2) is 0 Å². The van der Waals surface area contributed by atoms with E-state index in [0.717, 1.165) is 19.3 Å². The Balaban J connectivity index is 2.13. The molecule has 2 fully saturated rings. The summed E-state index contributed by atoms with van der Waals surface area (Å²) in [6.45, 7) is 0.109. The van der Waals surface area contributed by atoms with Gasteiger partial charge in [0.05, 0.1) is 12.2 Å². The predicted molar refractivity (Wildman–Crippen MR) is 48.1 cm³/mol. The Hall–Kier alpha value is -0.120. The molecule has 2 aliphatic rings. The highest BCUT2D eigenvalue weighted by molar-refractivity contribution is 4.96. The molecule has 0 aliphatic heterocycles. The van der Waals surface area contributed by atoms with Crippen molar-refractivity contribution in [2.75, 3.05) is 6.61 Å². The second-order valence-corrected chi connectivity index (χ2v) is 4.92. The van der Waals surface area contributed by atoms with Gasteiger partial charge in [0.25, 0.3) is 0 Å². The Kier molecular flexibility index (Phi) is 2.34. The van der Waals surface area contributed by atoms with E-state index in [9.17, 15) is 15.3 Å². The lowest BCUT2D eigenvalue weighted by Gasteiger charge is -2.47. The van der Waals surface area contributed by atoms with Crippen LogP contribution in [0.5, 0.6) is 0 Å². The Bertz CT molecular complexity index is 173. The monoisotopic (exact) mass is 186 g/mol. The average Bonchev–Trinajstić information content (AvgIpc) is 2.01. The van der Waals surface area contributed by atoms with Crippen LogP contribution >= 0.6 is 0 Å². The van der Waals surface area contributed by atoms with E-state index in [1.54, 1.807) is 0 Å². The largest absolute Gasteiger partial charge is 0.396 e. The highest BCUT2D eigenvalue weighted by Crippen LogP contribution is 2.48. The second-order valence-electron chi connectivity index (χ2n) is 4.92. The van der Waals surface area contributed by atoms with Crippen LogP contribution in [0.4, 0.5) is 0 Å². The first-order valence-corrected chi connectivity index (χ1v) is 5.10. The minimum Gasteiger partial charge on any atom is -0.396 e. The third-order valence-electron chi connectivity index (χ3n) is 3.61. The molecule has 2 atom stereocenters. The zero-order valence-corrected chi connectivity index (χ0v) is 7.82. The van der Waals surface area contributed by atoms with E-state index in [-0.39, 0.29) is 24.2 Å². The van der Waals surface area contributed by atoms with Crippen LogP contribution in [0.15, 0.2) is 0 Å². The maximum Gasteiger partial charge on any atom is 0.0549 e. The van der Waals surface area contributed by atoms with Crippen molar-refractivity contribution in [1.82, 2.24) is 0 Å². The Labute approximate surface area is 78.4 Å². The van der Waals surface area contributed by atoms with Gasteiger partial charge in [-0.05, 0) is 43.4 Å². The molecule has 3 heteroatoms. The normalized spacial score (nSPS) is 50.5. The van der Waals surface area contributed by atoms with Crippen LogP contribution in [-0.4, -0.2) is 34.1 Å². The molecular formula is C10H18O3. The summed E-state index contributed by atoms with van der Waals surface area (Å²) in [5.41, 5.74) is -0.181. The second kappa shape index (κ2) is 3.23. The Morgan fingerprint density at radius 3 is 2.00 bits per heavy atom. The third kappa shape index (κ3) is 1.73.